The Bertz CT molecular complexity index is 807. The zero-order valence-electron chi connectivity index (χ0n) is 12.0. The van der Waals surface area contributed by atoms with Crippen LogP contribution in [0.4, 0.5) is 0 Å². The number of carbonyl (C=O) groups excluding carboxylic acids is 1. The molecule has 104 valence electrons. The normalized spacial score (nSPS) is 10.6. The molecule has 0 N–H and O–H groups in total. The van der Waals surface area contributed by atoms with Crippen LogP contribution in [0, 0.1) is 0 Å². The number of aromatic nitrogens is 1. The topological polar surface area (TPSA) is 39.2 Å². The van der Waals surface area contributed by atoms with E-state index in [2.05, 4.69) is 4.98 Å². The molecule has 0 bridgehead atoms. The van der Waals surface area contributed by atoms with Gasteiger partial charge in [-0.2, -0.15) is 0 Å². The summed E-state index contributed by atoms with van der Waals surface area (Å²) in [5.74, 6) is 0.824. The van der Waals surface area contributed by atoms with E-state index in [0.717, 1.165) is 27.9 Å². The minimum Gasteiger partial charge on any atom is -0.494 e. The quantitative estimate of drug-likeness (QED) is 0.676. The van der Waals surface area contributed by atoms with Gasteiger partial charge >= 0.3 is 0 Å². The summed E-state index contributed by atoms with van der Waals surface area (Å²) in [7, 11) is 1.64. The van der Waals surface area contributed by atoms with Gasteiger partial charge in [0.2, 0.25) is 0 Å². The van der Waals surface area contributed by atoms with Crippen molar-refractivity contribution in [2.24, 2.45) is 0 Å². The smallest absolute Gasteiger partial charge is 0.159 e. The summed E-state index contributed by atoms with van der Waals surface area (Å²) in [4.78, 5) is 16.0. The summed E-state index contributed by atoms with van der Waals surface area (Å²) in [5.41, 5.74) is 3.39. The van der Waals surface area contributed by atoms with Gasteiger partial charge in [-0.1, -0.05) is 42.5 Å². The Kier molecular flexibility index (Phi) is 3.40. The molecular weight excluding hydrogens is 262 g/mol. The molecule has 1 aromatic heterocycles. The van der Waals surface area contributed by atoms with Gasteiger partial charge in [0.1, 0.15) is 11.3 Å². The molecule has 3 rings (SSSR count). The van der Waals surface area contributed by atoms with Crippen LogP contribution >= 0.6 is 0 Å². The Hall–Kier alpha value is -2.68. The van der Waals surface area contributed by atoms with E-state index in [-0.39, 0.29) is 5.78 Å². The van der Waals surface area contributed by atoms with Gasteiger partial charge in [0.15, 0.2) is 5.78 Å². The van der Waals surface area contributed by atoms with Gasteiger partial charge in [-0.3, -0.25) is 4.79 Å². The van der Waals surface area contributed by atoms with Crippen LogP contribution in [0.3, 0.4) is 0 Å². The van der Waals surface area contributed by atoms with Crippen molar-refractivity contribution in [2.45, 2.75) is 6.92 Å². The van der Waals surface area contributed by atoms with E-state index < -0.39 is 0 Å². The highest BCUT2D eigenvalue weighted by molar-refractivity contribution is 5.94. The zero-order chi connectivity index (χ0) is 14.8. The van der Waals surface area contributed by atoms with Crippen LogP contribution in [0.2, 0.25) is 0 Å². The van der Waals surface area contributed by atoms with Crippen molar-refractivity contribution in [2.75, 3.05) is 7.11 Å². The maximum atomic E-state index is 11.3. The van der Waals surface area contributed by atoms with E-state index in [0.29, 0.717) is 5.56 Å². The van der Waals surface area contributed by atoms with Gasteiger partial charge in [0.25, 0.3) is 0 Å². The molecule has 0 saturated heterocycles. The first-order chi connectivity index (χ1) is 10.2. The van der Waals surface area contributed by atoms with Crippen molar-refractivity contribution < 1.29 is 9.53 Å². The van der Waals surface area contributed by atoms with Crippen LogP contribution in [-0.4, -0.2) is 17.9 Å². The van der Waals surface area contributed by atoms with Crippen LogP contribution in [0.25, 0.3) is 22.2 Å². The Morgan fingerprint density at radius 3 is 2.43 bits per heavy atom. The molecular formula is C18H15NO2. The highest BCUT2D eigenvalue weighted by Crippen LogP contribution is 2.27. The van der Waals surface area contributed by atoms with E-state index in [4.69, 9.17) is 4.74 Å². The number of ketones is 1. The average molecular weight is 277 g/mol. The fourth-order valence-corrected chi connectivity index (χ4v) is 2.32. The molecule has 0 aliphatic heterocycles. The lowest BCUT2D eigenvalue weighted by atomic mass is 10.1. The molecule has 0 aliphatic carbocycles. The Morgan fingerprint density at radius 1 is 1.00 bits per heavy atom. The van der Waals surface area contributed by atoms with Crippen molar-refractivity contribution in [3.63, 3.8) is 0 Å². The molecule has 0 aliphatic rings. The Balaban J connectivity index is 2.10. The van der Waals surface area contributed by atoms with E-state index in [9.17, 15) is 4.79 Å². The predicted molar refractivity (Wildman–Crippen MR) is 83.7 cm³/mol. The predicted octanol–water partition coefficient (Wildman–Crippen LogP) is 4.11. The molecule has 3 heteroatoms. The molecule has 0 radical (unpaired) electrons. The second-order valence-electron chi connectivity index (χ2n) is 4.86. The van der Waals surface area contributed by atoms with E-state index in [1.165, 1.54) is 0 Å². The van der Waals surface area contributed by atoms with Crippen molar-refractivity contribution in [3.05, 3.63) is 60.2 Å². The first-order valence-electron chi connectivity index (χ1n) is 6.74. The number of carbonyl (C=O) groups is 1. The molecule has 0 saturated carbocycles. The first-order valence-corrected chi connectivity index (χ1v) is 6.74. The lowest BCUT2D eigenvalue weighted by molar-refractivity contribution is 0.101. The van der Waals surface area contributed by atoms with E-state index in [1.807, 2.05) is 54.6 Å². The number of ether oxygens (including phenoxy) is 1. The van der Waals surface area contributed by atoms with Crippen molar-refractivity contribution >= 4 is 16.7 Å². The standard InChI is InChI=1S/C18H15NO2/c1-12(20)13-6-8-14(9-7-13)16-11-10-15-4-3-5-17(21-2)18(15)19-16/h3-11H,1-2H3. The van der Waals surface area contributed by atoms with Crippen LogP contribution in [0.5, 0.6) is 5.75 Å². The number of para-hydroxylation sites is 1. The van der Waals surface area contributed by atoms with Gasteiger partial charge in [0.05, 0.1) is 12.8 Å². The summed E-state index contributed by atoms with van der Waals surface area (Å²) in [6.07, 6.45) is 0. The lowest BCUT2D eigenvalue weighted by Gasteiger charge is -2.07. The Labute approximate surface area is 123 Å². The molecule has 0 amide bonds. The van der Waals surface area contributed by atoms with Crippen LogP contribution < -0.4 is 4.74 Å². The molecule has 21 heavy (non-hydrogen) atoms. The molecule has 0 spiro atoms. The van der Waals surface area contributed by atoms with Gasteiger partial charge < -0.3 is 4.74 Å². The number of Topliss-reactive ketones (excluding diaryl/α,β-unsaturated/α-hetero) is 1. The summed E-state index contributed by atoms with van der Waals surface area (Å²) < 4.78 is 5.36. The highest BCUT2D eigenvalue weighted by atomic mass is 16.5. The number of fused-ring (bicyclic) bond motifs is 1. The number of methoxy groups -OCH3 is 1. The molecule has 3 aromatic rings. The largest absolute Gasteiger partial charge is 0.494 e. The number of pyridine rings is 1. The molecule has 0 unspecified atom stereocenters. The molecule has 3 nitrogen and oxygen atoms in total. The third kappa shape index (κ3) is 2.50. The van der Waals surface area contributed by atoms with Gasteiger partial charge in [0, 0.05) is 16.5 Å². The van der Waals surface area contributed by atoms with Crippen LogP contribution in [-0.2, 0) is 0 Å². The molecule has 1 heterocycles. The maximum Gasteiger partial charge on any atom is 0.159 e. The summed E-state index contributed by atoms with van der Waals surface area (Å²) in [6, 6.07) is 17.3. The maximum absolute atomic E-state index is 11.3. The highest BCUT2D eigenvalue weighted by Gasteiger charge is 2.06. The second kappa shape index (κ2) is 5.37. The number of hydrogen-bond acceptors (Lipinski definition) is 3. The molecule has 0 atom stereocenters. The minimum absolute atomic E-state index is 0.0645. The first kappa shape index (κ1) is 13.3. The Morgan fingerprint density at radius 2 is 1.76 bits per heavy atom. The number of rotatable bonds is 3. The van der Waals surface area contributed by atoms with E-state index >= 15 is 0 Å². The molecule has 0 fully saturated rings. The van der Waals surface area contributed by atoms with Crippen molar-refractivity contribution in [1.29, 1.82) is 0 Å². The van der Waals surface area contributed by atoms with Crippen LogP contribution in [0.15, 0.2) is 54.6 Å². The number of hydrogen-bond donors (Lipinski definition) is 0. The lowest BCUT2D eigenvalue weighted by Crippen LogP contribution is -1.92. The van der Waals surface area contributed by atoms with Crippen molar-refractivity contribution in [1.82, 2.24) is 4.98 Å². The van der Waals surface area contributed by atoms with Gasteiger partial charge in [-0.15, -0.1) is 0 Å². The van der Waals surface area contributed by atoms with Gasteiger partial charge in [-0.25, -0.2) is 4.98 Å². The summed E-state index contributed by atoms with van der Waals surface area (Å²) in [6.45, 7) is 1.56. The fourth-order valence-electron chi connectivity index (χ4n) is 2.32. The molecule has 2 aromatic carbocycles. The summed E-state index contributed by atoms with van der Waals surface area (Å²) in [5, 5.41) is 1.04. The number of nitrogens with zero attached hydrogens (tertiary/aromatic N) is 1. The van der Waals surface area contributed by atoms with Crippen molar-refractivity contribution in [3.8, 4) is 17.0 Å². The monoisotopic (exact) mass is 277 g/mol. The second-order valence-corrected chi connectivity index (χ2v) is 4.86. The van der Waals surface area contributed by atoms with E-state index in [1.54, 1.807) is 14.0 Å². The van der Waals surface area contributed by atoms with Crippen LogP contribution in [0.1, 0.15) is 17.3 Å². The average Bonchev–Trinajstić information content (AvgIpc) is 2.53. The fraction of sp³-hybridized carbons (Fsp3) is 0.111. The third-order valence-electron chi connectivity index (χ3n) is 3.49. The summed E-state index contributed by atoms with van der Waals surface area (Å²) >= 11 is 0. The van der Waals surface area contributed by atoms with Gasteiger partial charge in [-0.05, 0) is 19.1 Å². The SMILES string of the molecule is COc1cccc2ccc(-c3ccc(C(C)=O)cc3)nc12. The number of benzene rings is 2. The third-order valence-corrected chi connectivity index (χ3v) is 3.49. The minimum atomic E-state index is 0.0645. The zero-order valence-corrected chi connectivity index (χ0v) is 12.0.